The lowest BCUT2D eigenvalue weighted by atomic mass is 10.2. The molecular formula is C19H20F3N3O5. The number of rotatable bonds is 6. The van der Waals surface area contributed by atoms with Crippen molar-refractivity contribution in [3.05, 3.63) is 41.9 Å². The molecule has 0 bridgehead atoms. The second-order valence-corrected chi connectivity index (χ2v) is 7.36. The van der Waals surface area contributed by atoms with Crippen LogP contribution in [0.3, 0.4) is 0 Å². The van der Waals surface area contributed by atoms with Crippen molar-refractivity contribution in [1.29, 1.82) is 0 Å². The Balaban J connectivity index is 1.80. The van der Waals surface area contributed by atoms with Gasteiger partial charge in [-0.3, -0.25) is 0 Å². The quantitative estimate of drug-likeness (QED) is 0.594. The van der Waals surface area contributed by atoms with Gasteiger partial charge in [-0.25, -0.2) is 4.79 Å². The number of ether oxygens (including phenoxy) is 3. The zero-order valence-electron chi connectivity index (χ0n) is 16.4. The maximum atomic E-state index is 12.8. The monoisotopic (exact) mass is 427 g/mol. The van der Waals surface area contributed by atoms with Crippen LogP contribution in [0.15, 0.2) is 35.1 Å². The average molecular weight is 427 g/mol. The van der Waals surface area contributed by atoms with E-state index in [0.717, 1.165) is 0 Å². The summed E-state index contributed by atoms with van der Waals surface area (Å²) in [5.74, 6) is -0.625. The lowest BCUT2D eigenvalue weighted by Gasteiger charge is -2.19. The van der Waals surface area contributed by atoms with Gasteiger partial charge in [-0.05, 0) is 32.9 Å². The van der Waals surface area contributed by atoms with Gasteiger partial charge in [0.05, 0.1) is 6.54 Å². The van der Waals surface area contributed by atoms with Crippen LogP contribution in [0.4, 0.5) is 18.0 Å². The van der Waals surface area contributed by atoms with Crippen molar-refractivity contribution >= 4 is 17.0 Å². The zero-order chi connectivity index (χ0) is 21.9. The summed E-state index contributed by atoms with van der Waals surface area (Å²) in [5.41, 5.74) is 0.815. The maximum Gasteiger partial charge on any atom is 0.573 e. The number of carbonyl (C=O) groups is 1. The lowest BCUT2D eigenvalue weighted by molar-refractivity contribution is -0.275. The van der Waals surface area contributed by atoms with E-state index in [1.807, 2.05) is 0 Å². The van der Waals surface area contributed by atoms with Crippen molar-refractivity contribution in [2.45, 2.75) is 45.9 Å². The van der Waals surface area contributed by atoms with E-state index in [1.54, 1.807) is 26.8 Å². The van der Waals surface area contributed by atoms with Gasteiger partial charge in [0.2, 0.25) is 0 Å². The van der Waals surface area contributed by atoms with Crippen molar-refractivity contribution < 1.29 is 36.7 Å². The Labute approximate surface area is 169 Å². The number of halogens is 3. The number of hydrogen-bond donors (Lipinski definition) is 2. The summed E-state index contributed by atoms with van der Waals surface area (Å²) in [6.45, 7) is 5.19. The van der Waals surface area contributed by atoms with Crippen LogP contribution in [0, 0.1) is 0 Å². The first-order valence-corrected chi connectivity index (χ1v) is 8.89. The van der Waals surface area contributed by atoms with Crippen LogP contribution in [0.2, 0.25) is 0 Å². The minimum atomic E-state index is -4.89. The van der Waals surface area contributed by atoms with Crippen LogP contribution >= 0.6 is 0 Å². The van der Waals surface area contributed by atoms with Crippen LogP contribution in [-0.4, -0.2) is 28.2 Å². The van der Waals surface area contributed by atoms with Gasteiger partial charge in [0.25, 0.3) is 0 Å². The van der Waals surface area contributed by atoms with Gasteiger partial charge < -0.3 is 29.0 Å². The number of aromatic nitrogens is 2. The number of H-pyrrole nitrogens is 1. The van der Waals surface area contributed by atoms with Crippen LogP contribution < -0.4 is 14.8 Å². The number of hydrogen-bond acceptors (Lipinski definition) is 6. The highest BCUT2D eigenvalue weighted by molar-refractivity contribution is 5.84. The third-order valence-corrected chi connectivity index (χ3v) is 3.66. The largest absolute Gasteiger partial charge is 0.573 e. The first-order valence-electron chi connectivity index (χ1n) is 8.89. The third-order valence-electron chi connectivity index (χ3n) is 3.66. The van der Waals surface area contributed by atoms with Gasteiger partial charge in [0.1, 0.15) is 24.2 Å². The maximum absolute atomic E-state index is 12.8. The standard InChI is InChI=1S/C19H20F3N3O5/c1-18(2,3)30-17(26)23-9-13-6-11-7-16(29-19(20,21)22)15(8-14(11)24-13)27-10-12-4-5-28-25-12/h4-8,24H,9-10H2,1-3H3,(H,23,26). The Hall–Kier alpha value is -3.37. The molecule has 3 aromatic rings. The first kappa shape index (κ1) is 21.3. The van der Waals surface area contributed by atoms with Crippen LogP contribution in [0.1, 0.15) is 32.2 Å². The Morgan fingerprint density at radius 2 is 1.97 bits per heavy atom. The molecule has 0 unspecified atom stereocenters. The third kappa shape index (κ3) is 6.06. The summed E-state index contributed by atoms with van der Waals surface area (Å²) in [7, 11) is 0. The normalized spacial score (nSPS) is 12.1. The molecule has 30 heavy (non-hydrogen) atoms. The van der Waals surface area contributed by atoms with Gasteiger partial charge in [-0.1, -0.05) is 5.16 Å². The highest BCUT2D eigenvalue weighted by Gasteiger charge is 2.33. The molecule has 0 fully saturated rings. The SMILES string of the molecule is CC(C)(C)OC(=O)NCc1cc2cc(OC(F)(F)F)c(OCc3ccon3)cc2[nH]1. The lowest BCUT2D eigenvalue weighted by Crippen LogP contribution is -2.32. The van der Waals surface area contributed by atoms with Crippen LogP contribution in [-0.2, 0) is 17.9 Å². The van der Waals surface area contributed by atoms with E-state index in [9.17, 15) is 18.0 Å². The van der Waals surface area contributed by atoms with Crippen LogP contribution in [0.5, 0.6) is 11.5 Å². The van der Waals surface area contributed by atoms with Crippen LogP contribution in [0.25, 0.3) is 10.9 Å². The number of alkyl carbamates (subject to hydrolysis) is 1. The molecule has 0 atom stereocenters. The molecule has 3 rings (SSSR count). The number of benzene rings is 1. The molecule has 1 aromatic carbocycles. The molecule has 11 heteroatoms. The summed E-state index contributed by atoms with van der Waals surface area (Å²) in [5, 5.41) is 6.67. The second kappa shape index (κ2) is 8.17. The highest BCUT2D eigenvalue weighted by Crippen LogP contribution is 2.36. The molecule has 0 spiro atoms. The van der Waals surface area contributed by atoms with Crippen molar-refractivity contribution in [2.24, 2.45) is 0 Å². The molecule has 0 radical (unpaired) electrons. The summed E-state index contributed by atoms with van der Waals surface area (Å²) >= 11 is 0. The van der Waals surface area contributed by atoms with Gasteiger partial charge in [0.15, 0.2) is 11.5 Å². The van der Waals surface area contributed by atoms with Gasteiger partial charge in [0, 0.05) is 28.7 Å². The smallest absolute Gasteiger partial charge is 0.483 e. The Bertz CT molecular complexity index is 1010. The number of carbonyl (C=O) groups excluding carboxylic acids is 1. The van der Waals surface area contributed by atoms with Gasteiger partial charge in [-0.2, -0.15) is 0 Å². The summed E-state index contributed by atoms with van der Waals surface area (Å²) in [4.78, 5) is 14.8. The fourth-order valence-corrected chi connectivity index (χ4v) is 2.56. The number of nitrogens with zero attached hydrogens (tertiary/aromatic N) is 1. The van der Waals surface area contributed by atoms with E-state index >= 15 is 0 Å². The second-order valence-electron chi connectivity index (χ2n) is 7.36. The van der Waals surface area contributed by atoms with Crippen molar-refractivity contribution in [3.8, 4) is 11.5 Å². The number of amides is 1. The molecule has 8 nitrogen and oxygen atoms in total. The number of nitrogens with one attached hydrogen (secondary N) is 2. The Morgan fingerprint density at radius 1 is 1.20 bits per heavy atom. The van der Waals surface area contributed by atoms with E-state index in [4.69, 9.17) is 9.47 Å². The summed E-state index contributed by atoms with van der Waals surface area (Å²) < 4.78 is 57.8. The molecule has 0 saturated carbocycles. The molecular weight excluding hydrogens is 407 g/mol. The number of alkyl halides is 3. The molecule has 2 heterocycles. The topological polar surface area (TPSA) is 98.6 Å². The minimum Gasteiger partial charge on any atom is -0.483 e. The Morgan fingerprint density at radius 3 is 2.60 bits per heavy atom. The van der Waals surface area contributed by atoms with Gasteiger partial charge >= 0.3 is 12.5 Å². The van der Waals surface area contributed by atoms with E-state index in [2.05, 4.69) is 24.7 Å². The van der Waals surface area contributed by atoms with E-state index in [1.165, 1.54) is 24.5 Å². The molecule has 2 N–H and O–H groups in total. The molecule has 0 aliphatic carbocycles. The first-order chi connectivity index (χ1) is 14.0. The van der Waals surface area contributed by atoms with E-state index in [-0.39, 0.29) is 18.9 Å². The Kier molecular flexibility index (Phi) is 5.81. The number of fused-ring (bicyclic) bond motifs is 1. The fraction of sp³-hybridized carbons (Fsp3) is 0.368. The summed E-state index contributed by atoms with van der Waals surface area (Å²) in [6, 6.07) is 5.71. The van der Waals surface area contributed by atoms with Gasteiger partial charge in [-0.15, -0.1) is 13.2 Å². The zero-order valence-corrected chi connectivity index (χ0v) is 16.4. The summed E-state index contributed by atoms with van der Waals surface area (Å²) in [6.07, 6.45) is -4.18. The molecule has 1 amide bonds. The van der Waals surface area contributed by atoms with E-state index in [0.29, 0.717) is 22.3 Å². The van der Waals surface area contributed by atoms with E-state index < -0.39 is 23.8 Å². The molecule has 0 aliphatic rings. The van der Waals surface area contributed by atoms with Crippen molar-refractivity contribution in [2.75, 3.05) is 0 Å². The number of aromatic amines is 1. The van der Waals surface area contributed by atoms with Crippen molar-refractivity contribution in [3.63, 3.8) is 0 Å². The molecule has 162 valence electrons. The van der Waals surface area contributed by atoms with Crippen molar-refractivity contribution in [1.82, 2.24) is 15.5 Å². The predicted molar refractivity (Wildman–Crippen MR) is 98.9 cm³/mol. The minimum absolute atomic E-state index is 0.0915. The fourth-order valence-electron chi connectivity index (χ4n) is 2.56. The average Bonchev–Trinajstić information content (AvgIpc) is 3.24. The predicted octanol–water partition coefficient (Wildman–Crippen LogP) is 4.66. The highest BCUT2D eigenvalue weighted by atomic mass is 19.4. The molecule has 2 aromatic heterocycles. The molecule has 0 saturated heterocycles. The molecule has 0 aliphatic heterocycles.